The molecular formula is C24H31N3O5S. The van der Waals surface area contributed by atoms with E-state index in [0.29, 0.717) is 23.4 Å². The van der Waals surface area contributed by atoms with Crippen molar-refractivity contribution in [3.8, 4) is 27.9 Å². The molecule has 1 aromatic carbocycles. The van der Waals surface area contributed by atoms with Crippen molar-refractivity contribution in [1.29, 1.82) is 0 Å². The van der Waals surface area contributed by atoms with Crippen molar-refractivity contribution in [1.82, 2.24) is 15.5 Å². The minimum Gasteiger partial charge on any atom is -0.490 e. The molecular weight excluding hydrogens is 442 g/mol. The number of aryl methyl sites for hydroxylation is 2. The number of carbonyl (C=O) groups excluding carboxylic acids is 1. The third-order valence-corrected chi connectivity index (χ3v) is 6.09. The van der Waals surface area contributed by atoms with Crippen LogP contribution in [0, 0.1) is 12.8 Å². The number of benzene rings is 1. The van der Waals surface area contributed by atoms with Gasteiger partial charge in [-0.1, -0.05) is 25.9 Å². The largest absolute Gasteiger partial charge is 0.490 e. The lowest BCUT2D eigenvalue weighted by molar-refractivity contribution is -0.124. The van der Waals surface area contributed by atoms with Crippen molar-refractivity contribution < 1.29 is 24.3 Å². The number of hydrogen-bond acceptors (Lipinski definition) is 8. The summed E-state index contributed by atoms with van der Waals surface area (Å²) < 4.78 is 11.4. The molecule has 178 valence electrons. The molecule has 0 fully saturated rings. The molecule has 2 aromatic heterocycles. The maximum atomic E-state index is 11.1. The molecule has 1 atom stereocenters. The summed E-state index contributed by atoms with van der Waals surface area (Å²) >= 11 is 1.67. The summed E-state index contributed by atoms with van der Waals surface area (Å²) in [6.45, 7) is 7.75. The molecule has 3 rings (SSSR count). The van der Waals surface area contributed by atoms with Gasteiger partial charge in [0.2, 0.25) is 11.7 Å². The predicted molar refractivity (Wildman–Crippen MR) is 127 cm³/mol. The van der Waals surface area contributed by atoms with Gasteiger partial charge < -0.3 is 24.8 Å². The van der Waals surface area contributed by atoms with Gasteiger partial charge in [0.25, 0.3) is 5.89 Å². The van der Waals surface area contributed by atoms with E-state index < -0.39 is 18.6 Å². The second-order valence-corrected chi connectivity index (χ2v) is 9.52. The lowest BCUT2D eigenvalue weighted by Crippen LogP contribution is -2.36. The predicted octanol–water partition coefficient (Wildman–Crippen LogP) is 3.38. The monoisotopic (exact) mass is 473 g/mol. The molecule has 0 saturated heterocycles. The van der Waals surface area contributed by atoms with Crippen molar-refractivity contribution in [3.63, 3.8) is 0 Å². The molecule has 0 radical (unpaired) electrons. The Kier molecular flexibility index (Phi) is 8.60. The van der Waals surface area contributed by atoms with Crippen molar-refractivity contribution in [2.24, 2.45) is 5.92 Å². The van der Waals surface area contributed by atoms with Crippen LogP contribution < -0.4 is 10.1 Å². The van der Waals surface area contributed by atoms with E-state index in [-0.39, 0.29) is 13.2 Å². The lowest BCUT2D eigenvalue weighted by atomic mass is 10.0. The summed E-state index contributed by atoms with van der Waals surface area (Å²) in [5.41, 5.74) is 2.68. The SMILES string of the molecule is CCc1cc(-c2noc(-c3ccc(CC(C)C)s3)n2)cc(C)c1OC[C@@H](O)CNC(=O)CO. The van der Waals surface area contributed by atoms with Crippen LogP contribution in [0.15, 0.2) is 28.8 Å². The Hall–Kier alpha value is -2.75. The molecule has 0 aliphatic heterocycles. The molecule has 0 bridgehead atoms. The zero-order chi connectivity index (χ0) is 24.0. The summed E-state index contributed by atoms with van der Waals surface area (Å²) in [6, 6.07) is 8.03. The Balaban J connectivity index is 1.73. The van der Waals surface area contributed by atoms with E-state index in [9.17, 15) is 9.90 Å². The van der Waals surface area contributed by atoms with E-state index in [1.54, 1.807) is 11.3 Å². The number of nitrogens with zero attached hydrogens (tertiary/aromatic N) is 2. The fourth-order valence-electron chi connectivity index (χ4n) is 3.42. The van der Waals surface area contributed by atoms with Gasteiger partial charge in [0.15, 0.2) is 0 Å². The third kappa shape index (κ3) is 6.63. The van der Waals surface area contributed by atoms with Gasteiger partial charge >= 0.3 is 0 Å². The Bertz CT molecular complexity index is 1080. The number of carbonyl (C=O) groups is 1. The number of amides is 1. The maximum Gasteiger partial charge on any atom is 0.268 e. The van der Waals surface area contributed by atoms with Crippen LogP contribution in [0.2, 0.25) is 0 Å². The average Bonchev–Trinajstić information content (AvgIpc) is 3.45. The van der Waals surface area contributed by atoms with Gasteiger partial charge in [-0.15, -0.1) is 11.3 Å². The van der Waals surface area contributed by atoms with Crippen LogP contribution in [0.1, 0.15) is 36.8 Å². The van der Waals surface area contributed by atoms with Crippen molar-refractivity contribution >= 4 is 17.2 Å². The fraction of sp³-hybridized carbons (Fsp3) is 0.458. The Morgan fingerprint density at radius 2 is 2.09 bits per heavy atom. The van der Waals surface area contributed by atoms with E-state index in [4.69, 9.17) is 14.4 Å². The van der Waals surface area contributed by atoms with Crippen LogP contribution in [0.3, 0.4) is 0 Å². The van der Waals surface area contributed by atoms with E-state index in [1.165, 1.54) is 4.88 Å². The van der Waals surface area contributed by atoms with E-state index in [2.05, 4.69) is 35.4 Å². The Morgan fingerprint density at radius 3 is 2.79 bits per heavy atom. The molecule has 0 unspecified atom stereocenters. The van der Waals surface area contributed by atoms with Crippen LogP contribution in [0.25, 0.3) is 22.2 Å². The highest BCUT2D eigenvalue weighted by Crippen LogP contribution is 2.33. The molecule has 3 N–H and O–H groups in total. The number of hydrogen-bond donors (Lipinski definition) is 3. The summed E-state index contributed by atoms with van der Waals surface area (Å²) in [4.78, 5) is 18.0. The first-order chi connectivity index (χ1) is 15.8. The molecule has 33 heavy (non-hydrogen) atoms. The van der Waals surface area contributed by atoms with Crippen molar-refractivity contribution in [3.05, 3.63) is 40.3 Å². The number of aliphatic hydroxyl groups is 2. The summed E-state index contributed by atoms with van der Waals surface area (Å²) in [5, 5.41) is 25.4. The topological polar surface area (TPSA) is 118 Å². The zero-order valence-corrected chi connectivity index (χ0v) is 20.2. The summed E-state index contributed by atoms with van der Waals surface area (Å²) in [6.07, 6.45) is 0.847. The molecule has 9 heteroatoms. The van der Waals surface area contributed by atoms with Gasteiger partial charge in [0, 0.05) is 17.0 Å². The van der Waals surface area contributed by atoms with Crippen molar-refractivity contribution in [2.75, 3.05) is 19.8 Å². The minimum atomic E-state index is -0.893. The summed E-state index contributed by atoms with van der Waals surface area (Å²) in [5.74, 6) is 1.76. The number of rotatable bonds is 11. The van der Waals surface area contributed by atoms with E-state index in [0.717, 1.165) is 34.4 Å². The molecule has 1 amide bonds. The maximum absolute atomic E-state index is 11.1. The molecule has 2 heterocycles. The van der Waals surface area contributed by atoms with Crippen LogP contribution in [0.4, 0.5) is 0 Å². The molecule has 0 saturated carbocycles. The highest BCUT2D eigenvalue weighted by atomic mass is 32.1. The first-order valence-corrected chi connectivity index (χ1v) is 11.9. The van der Waals surface area contributed by atoms with Crippen molar-refractivity contribution in [2.45, 2.75) is 46.6 Å². The number of aliphatic hydroxyl groups excluding tert-OH is 2. The standard InChI is InChI=1S/C24H31N3O5S/c1-5-16-10-17(9-15(4)22(16)31-13-18(29)11-25-21(30)12-28)23-26-24(32-27-23)20-7-6-19(33-20)8-14(2)3/h6-7,9-10,14,18,28-29H,5,8,11-13H2,1-4H3,(H,25,30)/t18-/m0/s1. The highest BCUT2D eigenvalue weighted by Gasteiger charge is 2.17. The first-order valence-electron chi connectivity index (χ1n) is 11.1. The quantitative estimate of drug-likeness (QED) is 0.391. The van der Waals surface area contributed by atoms with E-state index >= 15 is 0 Å². The van der Waals surface area contributed by atoms with Gasteiger partial charge in [-0.05, 0) is 61.1 Å². The number of thiophene rings is 1. The van der Waals surface area contributed by atoms with Gasteiger partial charge in [0.05, 0.1) is 4.88 Å². The number of aromatic nitrogens is 2. The van der Waals surface area contributed by atoms with Gasteiger partial charge in [0.1, 0.15) is 25.1 Å². The number of nitrogens with one attached hydrogen (secondary N) is 1. The second-order valence-electron chi connectivity index (χ2n) is 8.35. The van der Waals surface area contributed by atoms with Gasteiger partial charge in [-0.3, -0.25) is 4.79 Å². The highest BCUT2D eigenvalue weighted by molar-refractivity contribution is 7.15. The van der Waals surface area contributed by atoms with Crippen LogP contribution in [-0.2, 0) is 17.6 Å². The van der Waals surface area contributed by atoms with Crippen LogP contribution >= 0.6 is 11.3 Å². The minimum absolute atomic E-state index is 0.00518. The average molecular weight is 474 g/mol. The fourth-order valence-corrected chi connectivity index (χ4v) is 4.56. The Morgan fingerprint density at radius 1 is 1.30 bits per heavy atom. The third-order valence-electron chi connectivity index (χ3n) is 5.00. The molecule has 0 spiro atoms. The lowest BCUT2D eigenvalue weighted by Gasteiger charge is -2.17. The normalized spacial score (nSPS) is 12.2. The smallest absolute Gasteiger partial charge is 0.268 e. The van der Waals surface area contributed by atoms with Crippen LogP contribution in [0.5, 0.6) is 5.75 Å². The molecule has 0 aliphatic carbocycles. The summed E-state index contributed by atoms with van der Waals surface area (Å²) in [7, 11) is 0. The Labute approximate surface area is 197 Å². The first kappa shape index (κ1) is 24.9. The second kappa shape index (κ2) is 11.4. The van der Waals surface area contributed by atoms with Gasteiger partial charge in [-0.2, -0.15) is 4.98 Å². The number of ether oxygens (including phenoxy) is 1. The van der Waals surface area contributed by atoms with Gasteiger partial charge in [-0.25, -0.2) is 0 Å². The molecule has 3 aromatic rings. The zero-order valence-electron chi connectivity index (χ0n) is 19.4. The molecule has 0 aliphatic rings. The van der Waals surface area contributed by atoms with Crippen LogP contribution in [-0.4, -0.2) is 52.1 Å². The molecule has 8 nitrogen and oxygen atoms in total. The van der Waals surface area contributed by atoms with E-state index in [1.807, 2.05) is 32.0 Å².